The molecule has 0 fully saturated rings. The first-order valence-electron chi connectivity index (χ1n) is 5.84. The maximum atomic E-state index is 11.7. The number of hydrogen-bond donors (Lipinski definition) is 1. The van der Waals surface area contributed by atoms with Crippen LogP contribution in [0, 0.1) is 24.2 Å². The fraction of sp³-hybridized carbons (Fsp3) is 0.429. The lowest BCUT2D eigenvalue weighted by atomic mass is 10.0. The van der Waals surface area contributed by atoms with Crippen LogP contribution in [0.15, 0.2) is 18.2 Å². The van der Waals surface area contributed by atoms with E-state index < -0.39 is 6.04 Å². The maximum absolute atomic E-state index is 11.7. The van der Waals surface area contributed by atoms with Crippen molar-refractivity contribution in [3.05, 3.63) is 29.3 Å². The fourth-order valence-corrected chi connectivity index (χ4v) is 1.67. The summed E-state index contributed by atoms with van der Waals surface area (Å²) in [6.07, 6.45) is 0. The highest BCUT2D eigenvalue weighted by molar-refractivity contribution is 5.80. The molecule has 1 N–H and O–H groups in total. The van der Waals surface area contributed by atoms with Gasteiger partial charge in [-0.15, -0.1) is 0 Å². The van der Waals surface area contributed by atoms with Gasteiger partial charge in [-0.2, -0.15) is 5.26 Å². The van der Waals surface area contributed by atoms with E-state index in [1.54, 1.807) is 6.07 Å². The summed E-state index contributed by atoms with van der Waals surface area (Å²) >= 11 is 0. The van der Waals surface area contributed by atoms with Crippen molar-refractivity contribution in [1.82, 2.24) is 0 Å². The summed E-state index contributed by atoms with van der Waals surface area (Å²) in [5.74, 6) is -0.250. The predicted octanol–water partition coefficient (Wildman–Crippen LogP) is 2.48. The van der Waals surface area contributed by atoms with Gasteiger partial charge in [0.1, 0.15) is 12.1 Å². The van der Waals surface area contributed by atoms with Gasteiger partial charge in [0.2, 0.25) is 0 Å². The Balaban J connectivity index is 3.04. The number of carbonyl (C=O) groups is 1. The molecule has 0 spiro atoms. The van der Waals surface area contributed by atoms with Crippen LogP contribution >= 0.6 is 0 Å². The van der Waals surface area contributed by atoms with Crippen LogP contribution < -0.4 is 5.32 Å². The van der Waals surface area contributed by atoms with E-state index in [1.165, 1.54) is 7.11 Å². The Bertz CT molecular complexity index is 475. The molecule has 0 heterocycles. The number of aryl methyl sites for hydroxylation is 1. The molecule has 1 rings (SSSR count). The molecule has 1 aromatic rings. The molecule has 1 aromatic carbocycles. The van der Waals surface area contributed by atoms with Crippen molar-refractivity contribution in [2.24, 2.45) is 5.92 Å². The first-order chi connectivity index (χ1) is 8.49. The van der Waals surface area contributed by atoms with E-state index in [2.05, 4.69) is 11.4 Å². The largest absolute Gasteiger partial charge is 0.467 e. The number of esters is 1. The van der Waals surface area contributed by atoms with E-state index in [0.717, 1.165) is 5.56 Å². The van der Waals surface area contributed by atoms with Crippen molar-refractivity contribution in [3.63, 3.8) is 0 Å². The number of carbonyl (C=O) groups excluding carboxylic acids is 1. The molecular formula is C14H18N2O2. The Hall–Kier alpha value is -2.02. The molecule has 4 nitrogen and oxygen atoms in total. The molecule has 0 saturated heterocycles. The molecule has 1 unspecified atom stereocenters. The SMILES string of the molecule is COC(=O)C(Nc1cc(C)ccc1C#N)C(C)C. The van der Waals surface area contributed by atoms with Gasteiger partial charge in [-0.3, -0.25) is 0 Å². The van der Waals surface area contributed by atoms with Crippen LogP contribution in [0.1, 0.15) is 25.0 Å². The third-order valence-electron chi connectivity index (χ3n) is 2.73. The molecule has 0 aliphatic rings. The van der Waals surface area contributed by atoms with Crippen molar-refractivity contribution in [2.45, 2.75) is 26.8 Å². The van der Waals surface area contributed by atoms with Crippen molar-refractivity contribution < 1.29 is 9.53 Å². The number of benzene rings is 1. The second-order valence-corrected chi connectivity index (χ2v) is 4.55. The van der Waals surface area contributed by atoms with Gasteiger partial charge in [0, 0.05) is 0 Å². The average molecular weight is 246 g/mol. The Morgan fingerprint density at radius 2 is 2.11 bits per heavy atom. The first-order valence-corrected chi connectivity index (χ1v) is 5.84. The van der Waals surface area contributed by atoms with Gasteiger partial charge < -0.3 is 10.1 Å². The second kappa shape index (κ2) is 6.06. The van der Waals surface area contributed by atoms with Crippen molar-refractivity contribution in [2.75, 3.05) is 12.4 Å². The molecule has 0 radical (unpaired) electrons. The minimum Gasteiger partial charge on any atom is -0.467 e. The summed E-state index contributed by atoms with van der Waals surface area (Å²) < 4.78 is 4.77. The fourth-order valence-electron chi connectivity index (χ4n) is 1.67. The van der Waals surface area contributed by atoms with E-state index in [1.807, 2.05) is 32.9 Å². The molecular weight excluding hydrogens is 228 g/mol. The molecule has 96 valence electrons. The number of anilines is 1. The molecule has 0 aliphatic heterocycles. The molecule has 0 aromatic heterocycles. The molecule has 0 aliphatic carbocycles. The summed E-state index contributed by atoms with van der Waals surface area (Å²) in [6.45, 7) is 5.79. The van der Waals surface area contributed by atoms with Gasteiger partial charge in [-0.25, -0.2) is 4.79 Å². The Morgan fingerprint density at radius 1 is 1.44 bits per heavy atom. The van der Waals surface area contributed by atoms with Gasteiger partial charge in [0.25, 0.3) is 0 Å². The van der Waals surface area contributed by atoms with Gasteiger partial charge in [0.05, 0.1) is 18.4 Å². The van der Waals surface area contributed by atoms with Crippen LogP contribution in [0.25, 0.3) is 0 Å². The molecule has 0 saturated carbocycles. The van der Waals surface area contributed by atoms with Crippen LogP contribution in [0.2, 0.25) is 0 Å². The number of ether oxygens (including phenoxy) is 1. The average Bonchev–Trinajstić information content (AvgIpc) is 2.34. The van der Waals surface area contributed by atoms with E-state index >= 15 is 0 Å². The molecule has 0 amide bonds. The lowest BCUT2D eigenvalue weighted by Crippen LogP contribution is -2.35. The smallest absolute Gasteiger partial charge is 0.328 e. The number of rotatable bonds is 4. The Labute approximate surface area is 108 Å². The topological polar surface area (TPSA) is 62.1 Å². The summed E-state index contributed by atoms with van der Waals surface area (Å²) in [5, 5.41) is 12.1. The zero-order valence-electron chi connectivity index (χ0n) is 11.2. The van der Waals surface area contributed by atoms with Gasteiger partial charge >= 0.3 is 5.97 Å². The van der Waals surface area contributed by atoms with Crippen LogP contribution in [0.3, 0.4) is 0 Å². The highest BCUT2D eigenvalue weighted by atomic mass is 16.5. The van der Waals surface area contributed by atoms with Crippen LogP contribution in [-0.2, 0) is 9.53 Å². The normalized spacial score (nSPS) is 11.8. The minimum absolute atomic E-state index is 0.0736. The summed E-state index contributed by atoms with van der Waals surface area (Å²) in [7, 11) is 1.36. The zero-order chi connectivity index (χ0) is 13.7. The quantitative estimate of drug-likeness (QED) is 0.829. The summed E-state index contributed by atoms with van der Waals surface area (Å²) in [6, 6.07) is 7.12. The third-order valence-corrected chi connectivity index (χ3v) is 2.73. The number of hydrogen-bond acceptors (Lipinski definition) is 4. The number of methoxy groups -OCH3 is 1. The van der Waals surface area contributed by atoms with Crippen LogP contribution in [-0.4, -0.2) is 19.1 Å². The second-order valence-electron chi connectivity index (χ2n) is 4.55. The molecule has 18 heavy (non-hydrogen) atoms. The molecule has 1 atom stereocenters. The van der Waals surface area contributed by atoms with Gasteiger partial charge in [0.15, 0.2) is 0 Å². The Morgan fingerprint density at radius 3 is 2.61 bits per heavy atom. The number of nitriles is 1. The van der Waals surface area contributed by atoms with Crippen molar-refractivity contribution >= 4 is 11.7 Å². The summed E-state index contributed by atoms with van der Waals surface area (Å²) in [5.41, 5.74) is 2.22. The van der Waals surface area contributed by atoms with Gasteiger partial charge in [-0.1, -0.05) is 19.9 Å². The third kappa shape index (κ3) is 3.24. The van der Waals surface area contributed by atoms with Gasteiger partial charge in [-0.05, 0) is 30.5 Å². The first kappa shape index (κ1) is 14.0. The monoisotopic (exact) mass is 246 g/mol. The lowest BCUT2D eigenvalue weighted by Gasteiger charge is -2.21. The predicted molar refractivity (Wildman–Crippen MR) is 70.2 cm³/mol. The molecule has 0 bridgehead atoms. The molecule has 4 heteroatoms. The van der Waals surface area contributed by atoms with Crippen molar-refractivity contribution in [3.8, 4) is 6.07 Å². The van der Waals surface area contributed by atoms with E-state index in [0.29, 0.717) is 11.3 Å². The zero-order valence-corrected chi connectivity index (χ0v) is 11.2. The number of nitrogens with zero attached hydrogens (tertiary/aromatic N) is 1. The van der Waals surface area contributed by atoms with E-state index in [-0.39, 0.29) is 11.9 Å². The van der Waals surface area contributed by atoms with Crippen LogP contribution in [0.5, 0.6) is 0 Å². The number of nitrogens with one attached hydrogen (secondary N) is 1. The van der Waals surface area contributed by atoms with E-state index in [9.17, 15) is 4.79 Å². The van der Waals surface area contributed by atoms with Crippen molar-refractivity contribution in [1.29, 1.82) is 5.26 Å². The lowest BCUT2D eigenvalue weighted by molar-refractivity contribution is -0.142. The minimum atomic E-state index is -0.455. The maximum Gasteiger partial charge on any atom is 0.328 e. The summed E-state index contributed by atoms with van der Waals surface area (Å²) in [4.78, 5) is 11.7. The van der Waals surface area contributed by atoms with E-state index in [4.69, 9.17) is 10.00 Å². The van der Waals surface area contributed by atoms with Crippen LogP contribution in [0.4, 0.5) is 5.69 Å². The highest BCUT2D eigenvalue weighted by Crippen LogP contribution is 2.20. The standard InChI is InChI=1S/C14H18N2O2/c1-9(2)13(14(17)18-4)16-12-7-10(3)5-6-11(12)8-15/h5-7,9,13,16H,1-4H3. The highest BCUT2D eigenvalue weighted by Gasteiger charge is 2.23. The Kier molecular flexibility index (Phi) is 4.73.